The van der Waals surface area contributed by atoms with Crippen molar-refractivity contribution in [1.29, 1.82) is 0 Å². The van der Waals surface area contributed by atoms with Gasteiger partial charge in [0.2, 0.25) is 0 Å². The van der Waals surface area contributed by atoms with E-state index in [1.54, 1.807) is 6.07 Å². The molecular formula is C25H18F3N3O5S. The van der Waals surface area contributed by atoms with Crippen molar-refractivity contribution < 1.29 is 23.1 Å². The highest BCUT2D eigenvalue weighted by Gasteiger charge is 2.37. The molecule has 4 aromatic rings. The van der Waals surface area contributed by atoms with Crippen LogP contribution in [-0.2, 0) is 12.6 Å². The average Bonchev–Trinajstić information content (AvgIpc) is 3.17. The number of aromatic carboxylic acids is 1. The summed E-state index contributed by atoms with van der Waals surface area (Å²) in [6, 6.07) is 7.04. The Balaban J connectivity index is 1.77. The SMILES string of the molecule is C=Cn1c(=O)sc2cc(-n3cc(C(=O)O)c(=O)n(C4CCCc5c4cccc5C(F)(F)F)c3=O)ccc21. The molecule has 1 aliphatic rings. The van der Waals surface area contributed by atoms with Crippen molar-refractivity contribution in [3.05, 3.63) is 102 Å². The van der Waals surface area contributed by atoms with E-state index in [4.69, 9.17) is 0 Å². The zero-order valence-corrected chi connectivity index (χ0v) is 19.8. The highest BCUT2D eigenvalue weighted by molar-refractivity contribution is 7.16. The quantitative estimate of drug-likeness (QED) is 0.429. The number of hydrogen-bond acceptors (Lipinski definition) is 5. The average molecular weight is 529 g/mol. The van der Waals surface area contributed by atoms with Gasteiger partial charge in [0.25, 0.3) is 5.56 Å². The molecule has 190 valence electrons. The topological polar surface area (TPSA) is 103 Å². The molecule has 0 saturated heterocycles. The number of benzene rings is 2. The summed E-state index contributed by atoms with van der Waals surface area (Å²) < 4.78 is 44.5. The molecular weight excluding hydrogens is 511 g/mol. The molecule has 0 bridgehead atoms. The summed E-state index contributed by atoms with van der Waals surface area (Å²) in [5.74, 6) is -1.59. The van der Waals surface area contributed by atoms with Crippen LogP contribution in [0.4, 0.5) is 13.2 Å². The molecule has 0 spiro atoms. The van der Waals surface area contributed by atoms with E-state index in [1.165, 1.54) is 35.0 Å². The lowest BCUT2D eigenvalue weighted by Crippen LogP contribution is -2.45. The summed E-state index contributed by atoms with van der Waals surface area (Å²) in [6.45, 7) is 3.59. The smallest absolute Gasteiger partial charge is 0.416 e. The second-order valence-corrected chi connectivity index (χ2v) is 9.52. The van der Waals surface area contributed by atoms with Crippen LogP contribution in [0.2, 0.25) is 0 Å². The van der Waals surface area contributed by atoms with Crippen molar-refractivity contribution in [3.8, 4) is 5.69 Å². The molecule has 1 aliphatic carbocycles. The Labute approximate surface area is 209 Å². The number of carboxylic acids is 1. The van der Waals surface area contributed by atoms with Crippen molar-refractivity contribution in [2.75, 3.05) is 0 Å². The second kappa shape index (κ2) is 8.73. The van der Waals surface area contributed by atoms with Crippen LogP contribution in [-0.4, -0.2) is 24.8 Å². The van der Waals surface area contributed by atoms with Crippen molar-refractivity contribution in [2.45, 2.75) is 31.5 Å². The minimum Gasteiger partial charge on any atom is -0.477 e. The lowest BCUT2D eigenvalue weighted by molar-refractivity contribution is -0.138. The summed E-state index contributed by atoms with van der Waals surface area (Å²) in [5, 5.41) is 9.71. The fraction of sp³-hybridized carbons (Fsp3) is 0.200. The van der Waals surface area contributed by atoms with Gasteiger partial charge in [0.1, 0.15) is 5.56 Å². The molecule has 0 radical (unpaired) electrons. The van der Waals surface area contributed by atoms with E-state index in [2.05, 4.69) is 6.58 Å². The van der Waals surface area contributed by atoms with Crippen LogP contribution in [0.15, 0.2) is 63.6 Å². The first-order valence-electron chi connectivity index (χ1n) is 11.1. The molecule has 1 unspecified atom stereocenters. The molecule has 2 aromatic heterocycles. The number of thiazole rings is 1. The second-order valence-electron chi connectivity index (χ2n) is 8.53. The Morgan fingerprint density at radius 1 is 1.16 bits per heavy atom. The summed E-state index contributed by atoms with van der Waals surface area (Å²) in [6.07, 6.45) is -1.84. The molecule has 1 N–H and O–H groups in total. The number of halogens is 3. The van der Waals surface area contributed by atoms with E-state index in [0.717, 1.165) is 32.7 Å². The Morgan fingerprint density at radius 3 is 2.59 bits per heavy atom. The first-order chi connectivity index (χ1) is 17.5. The molecule has 12 heteroatoms. The molecule has 0 amide bonds. The third-order valence-corrected chi connectivity index (χ3v) is 7.42. The Morgan fingerprint density at radius 2 is 1.92 bits per heavy atom. The van der Waals surface area contributed by atoms with Gasteiger partial charge in [-0.2, -0.15) is 13.2 Å². The molecule has 2 heterocycles. The number of aromatic nitrogens is 3. The first-order valence-corrected chi connectivity index (χ1v) is 11.9. The van der Waals surface area contributed by atoms with Gasteiger partial charge >= 0.3 is 22.7 Å². The zero-order chi connectivity index (χ0) is 26.6. The van der Waals surface area contributed by atoms with E-state index < -0.39 is 40.6 Å². The molecule has 0 fully saturated rings. The van der Waals surface area contributed by atoms with Crippen LogP contribution in [0.25, 0.3) is 22.1 Å². The normalized spacial score (nSPS) is 15.5. The van der Waals surface area contributed by atoms with E-state index in [9.17, 15) is 37.5 Å². The monoisotopic (exact) mass is 529 g/mol. The summed E-state index contributed by atoms with van der Waals surface area (Å²) in [4.78, 5) is 50.7. The molecule has 0 aliphatic heterocycles. The summed E-state index contributed by atoms with van der Waals surface area (Å²) >= 11 is 0.888. The fourth-order valence-electron chi connectivity index (χ4n) is 4.88. The van der Waals surface area contributed by atoms with Crippen LogP contribution in [0, 0.1) is 0 Å². The molecule has 8 nitrogen and oxygen atoms in total. The summed E-state index contributed by atoms with van der Waals surface area (Å²) in [7, 11) is 0. The number of alkyl halides is 3. The third-order valence-electron chi connectivity index (χ3n) is 6.50. The molecule has 2 aromatic carbocycles. The number of carbonyl (C=O) groups is 1. The number of hydrogen-bond donors (Lipinski definition) is 1. The van der Waals surface area contributed by atoms with Crippen LogP contribution in [0.5, 0.6) is 0 Å². The van der Waals surface area contributed by atoms with Gasteiger partial charge in [0.15, 0.2) is 0 Å². The number of carboxylic acid groups (broad SMARTS) is 1. The number of fused-ring (bicyclic) bond motifs is 2. The van der Waals surface area contributed by atoms with Gasteiger partial charge in [-0.1, -0.05) is 30.0 Å². The van der Waals surface area contributed by atoms with E-state index in [0.29, 0.717) is 10.2 Å². The number of rotatable bonds is 4. The van der Waals surface area contributed by atoms with Gasteiger partial charge in [-0.3, -0.25) is 23.3 Å². The lowest BCUT2D eigenvalue weighted by atomic mass is 9.84. The van der Waals surface area contributed by atoms with Crippen molar-refractivity contribution in [1.82, 2.24) is 13.7 Å². The predicted molar refractivity (Wildman–Crippen MR) is 132 cm³/mol. The maximum absolute atomic E-state index is 13.7. The standard InChI is InChI=1S/C25H18F3N3O5S/c1-2-29-19-10-9-13(11-20(19)37-24(29)36)30-12-16(22(33)34)21(32)31(23(30)35)18-8-4-5-14-15(18)6-3-7-17(14)25(26,27)28/h2-3,6-7,9-12,18H,1,4-5,8H2,(H,33,34). The van der Waals surface area contributed by atoms with Crippen LogP contribution >= 0.6 is 11.3 Å². The van der Waals surface area contributed by atoms with Crippen molar-refractivity contribution in [2.24, 2.45) is 0 Å². The van der Waals surface area contributed by atoms with Gasteiger partial charge in [-0.05, 0) is 54.7 Å². The molecule has 5 rings (SSSR count). The number of nitrogens with zero attached hydrogens (tertiary/aromatic N) is 3. The zero-order valence-electron chi connectivity index (χ0n) is 19.0. The van der Waals surface area contributed by atoms with Gasteiger partial charge in [0, 0.05) is 12.4 Å². The van der Waals surface area contributed by atoms with Gasteiger partial charge in [-0.25, -0.2) is 9.59 Å². The van der Waals surface area contributed by atoms with Crippen molar-refractivity contribution in [3.63, 3.8) is 0 Å². The summed E-state index contributed by atoms with van der Waals surface area (Å²) in [5.41, 5.74) is -2.71. The Hall–Kier alpha value is -4.19. The van der Waals surface area contributed by atoms with E-state index in [1.807, 2.05) is 0 Å². The Bertz CT molecular complexity index is 1780. The highest BCUT2D eigenvalue weighted by atomic mass is 32.1. The van der Waals surface area contributed by atoms with E-state index in [-0.39, 0.29) is 40.9 Å². The fourth-order valence-corrected chi connectivity index (χ4v) is 5.79. The molecule has 0 saturated carbocycles. The highest BCUT2D eigenvalue weighted by Crippen LogP contribution is 2.40. The maximum Gasteiger partial charge on any atom is 0.416 e. The van der Waals surface area contributed by atoms with E-state index >= 15 is 0 Å². The van der Waals surface area contributed by atoms with Crippen LogP contribution in [0.1, 0.15) is 45.9 Å². The predicted octanol–water partition coefficient (Wildman–Crippen LogP) is 4.12. The Kier molecular flexibility index (Phi) is 5.78. The minimum atomic E-state index is -4.62. The van der Waals surface area contributed by atoms with Crippen LogP contribution < -0.4 is 16.1 Å². The molecule has 1 atom stereocenters. The van der Waals surface area contributed by atoms with Crippen LogP contribution in [0.3, 0.4) is 0 Å². The third kappa shape index (κ3) is 3.93. The first kappa shape index (κ1) is 24.5. The lowest BCUT2D eigenvalue weighted by Gasteiger charge is -2.29. The maximum atomic E-state index is 13.7. The van der Waals surface area contributed by atoms with Gasteiger partial charge in [0.05, 0.1) is 27.5 Å². The van der Waals surface area contributed by atoms with Crippen molar-refractivity contribution >= 4 is 33.7 Å². The largest absolute Gasteiger partial charge is 0.477 e. The minimum absolute atomic E-state index is 0.0122. The van der Waals surface area contributed by atoms with Gasteiger partial charge in [-0.15, -0.1) is 0 Å². The molecule has 37 heavy (non-hydrogen) atoms. The van der Waals surface area contributed by atoms with Gasteiger partial charge < -0.3 is 5.11 Å².